The maximum Gasteiger partial charge on any atom is -0.0241 e. The Bertz CT molecular complexity index is 278. The van der Waals surface area contributed by atoms with E-state index in [4.69, 9.17) is 0 Å². The van der Waals surface area contributed by atoms with Crippen LogP contribution in [0.5, 0.6) is 0 Å². The van der Waals surface area contributed by atoms with Gasteiger partial charge in [0.15, 0.2) is 0 Å². The van der Waals surface area contributed by atoms with Gasteiger partial charge in [-0.25, -0.2) is 0 Å². The van der Waals surface area contributed by atoms with Gasteiger partial charge >= 0.3 is 0 Å². The van der Waals surface area contributed by atoms with Crippen molar-refractivity contribution in [1.29, 1.82) is 0 Å². The van der Waals surface area contributed by atoms with E-state index in [0.717, 1.165) is 23.7 Å². The SMILES string of the molecule is CC1CCC2C1CC1CCC2(C)C1(C)C. The van der Waals surface area contributed by atoms with Crippen LogP contribution in [0.25, 0.3) is 0 Å². The molecule has 0 spiro atoms. The van der Waals surface area contributed by atoms with E-state index in [0.29, 0.717) is 10.8 Å². The van der Waals surface area contributed by atoms with Crippen molar-refractivity contribution in [3.8, 4) is 0 Å². The van der Waals surface area contributed by atoms with Crippen LogP contribution < -0.4 is 0 Å². The maximum atomic E-state index is 2.61. The van der Waals surface area contributed by atoms with Crippen LogP contribution in [0.3, 0.4) is 0 Å². The fraction of sp³-hybridized carbons (Fsp3) is 1.00. The van der Waals surface area contributed by atoms with Gasteiger partial charge in [-0.15, -0.1) is 0 Å². The van der Waals surface area contributed by atoms with E-state index >= 15 is 0 Å². The van der Waals surface area contributed by atoms with Crippen LogP contribution in [0.1, 0.15) is 59.8 Å². The Morgan fingerprint density at radius 2 is 1.73 bits per heavy atom. The second-order valence-electron chi connectivity index (χ2n) is 7.44. The molecule has 3 aliphatic carbocycles. The smallest absolute Gasteiger partial charge is 0.0241 e. The van der Waals surface area contributed by atoms with Crippen molar-refractivity contribution in [3.63, 3.8) is 0 Å². The summed E-state index contributed by atoms with van der Waals surface area (Å²) in [6, 6.07) is 0. The third-order valence-electron chi connectivity index (χ3n) is 7.06. The molecule has 3 aliphatic rings. The van der Waals surface area contributed by atoms with E-state index in [1.807, 2.05) is 0 Å². The first kappa shape index (κ1) is 10.2. The molecule has 0 N–H and O–H groups in total. The molecule has 3 rings (SSSR count). The largest absolute Gasteiger partial charge is 0.0622 e. The molecule has 0 radical (unpaired) electrons. The molecule has 0 nitrogen and oxygen atoms in total. The second-order valence-corrected chi connectivity index (χ2v) is 7.44. The van der Waals surface area contributed by atoms with Crippen molar-refractivity contribution in [3.05, 3.63) is 0 Å². The molecular formula is C15H26. The average molecular weight is 206 g/mol. The molecular weight excluding hydrogens is 180 g/mol. The van der Waals surface area contributed by atoms with Crippen LogP contribution in [0.15, 0.2) is 0 Å². The third kappa shape index (κ3) is 1.04. The Labute approximate surface area is 94.8 Å². The summed E-state index contributed by atoms with van der Waals surface area (Å²) in [5.41, 5.74) is 1.30. The lowest BCUT2D eigenvalue weighted by molar-refractivity contribution is -0.0488. The van der Waals surface area contributed by atoms with Crippen LogP contribution >= 0.6 is 0 Å². The highest BCUT2D eigenvalue weighted by Crippen LogP contribution is 2.70. The topological polar surface area (TPSA) is 0 Å². The highest BCUT2D eigenvalue weighted by Gasteiger charge is 2.62. The molecule has 2 bridgehead atoms. The number of hydrogen-bond donors (Lipinski definition) is 0. The zero-order valence-electron chi connectivity index (χ0n) is 10.8. The minimum Gasteiger partial charge on any atom is -0.0622 e. The monoisotopic (exact) mass is 206 g/mol. The molecule has 0 amide bonds. The predicted octanol–water partition coefficient (Wildman–Crippen LogP) is 4.49. The molecule has 3 fully saturated rings. The molecule has 0 saturated heterocycles. The van der Waals surface area contributed by atoms with E-state index < -0.39 is 0 Å². The number of rotatable bonds is 0. The number of hydrogen-bond acceptors (Lipinski definition) is 0. The highest BCUT2D eigenvalue weighted by molar-refractivity contribution is 5.11. The highest BCUT2D eigenvalue weighted by atomic mass is 14.7. The second kappa shape index (κ2) is 2.81. The molecule has 0 aromatic heterocycles. The summed E-state index contributed by atoms with van der Waals surface area (Å²) in [7, 11) is 0. The summed E-state index contributed by atoms with van der Waals surface area (Å²) in [6.07, 6.45) is 7.61. The first-order valence-corrected chi connectivity index (χ1v) is 6.97. The zero-order chi connectivity index (χ0) is 10.8. The van der Waals surface area contributed by atoms with Gasteiger partial charge in [0, 0.05) is 0 Å². The Balaban J connectivity index is 2.01. The maximum absolute atomic E-state index is 2.61. The summed E-state index contributed by atoms with van der Waals surface area (Å²) in [5, 5.41) is 0. The Kier molecular flexibility index (Phi) is 1.91. The van der Waals surface area contributed by atoms with Gasteiger partial charge in [-0.1, -0.05) is 34.1 Å². The van der Waals surface area contributed by atoms with Gasteiger partial charge in [0.25, 0.3) is 0 Å². The standard InChI is InChI=1S/C15H26/c1-10-5-6-13-12(10)9-11-7-8-15(13,4)14(11,2)3/h10-13H,5-9H2,1-4H3. The normalized spacial score (nSPS) is 56.8. The van der Waals surface area contributed by atoms with Crippen LogP contribution in [0, 0.1) is 34.5 Å². The van der Waals surface area contributed by atoms with Crippen LogP contribution in [-0.2, 0) is 0 Å². The van der Waals surface area contributed by atoms with Crippen molar-refractivity contribution in [2.45, 2.75) is 59.8 Å². The summed E-state index contributed by atoms with van der Waals surface area (Å²) in [6.45, 7) is 10.2. The lowest BCUT2D eigenvalue weighted by Crippen LogP contribution is -2.47. The van der Waals surface area contributed by atoms with E-state index in [2.05, 4.69) is 27.7 Å². The van der Waals surface area contributed by atoms with Crippen LogP contribution in [0.4, 0.5) is 0 Å². The Morgan fingerprint density at radius 3 is 2.47 bits per heavy atom. The molecule has 3 saturated carbocycles. The van der Waals surface area contributed by atoms with Gasteiger partial charge in [0.05, 0.1) is 0 Å². The van der Waals surface area contributed by atoms with Crippen molar-refractivity contribution in [2.24, 2.45) is 34.5 Å². The molecule has 0 aromatic carbocycles. The van der Waals surface area contributed by atoms with Gasteiger partial charge < -0.3 is 0 Å². The lowest BCUT2D eigenvalue weighted by atomic mass is 9.51. The van der Waals surface area contributed by atoms with E-state index in [1.165, 1.54) is 25.7 Å². The summed E-state index contributed by atoms with van der Waals surface area (Å²) >= 11 is 0. The molecule has 0 heterocycles. The van der Waals surface area contributed by atoms with Crippen molar-refractivity contribution < 1.29 is 0 Å². The lowest BCUT2D eigenvalue weighted by Gasteiger charge is -2.53. The predicted molar refractivity (Wildman–Crippen MR) is 64.6 cm³/mol. The zero-order valence-corrected chi connectivity index (χ0v) is 10.8. The van der Waals surface area contributed by atoms with Crippen LogP contribution in [0.2, 0.25) is 0 Å². The van der Waals surface area contributed by atoms with Crippen molar-refractivity contribution in [1.82, 2.24) is 0 Å². The van der Waals surface area contributed by atoms with E-state index in [-0.39, 0.29) is 0 Å². The van der Waals surface area contributed by atoms with Crippen LogP contribution in [-0.4, -0.2) is 0 Å². The third-order valence-corrected chi connectivity index (χ3v) is 7.06. The van der Waals surface area contributed by atoms with Gasteiger partial charge in [0.2, 0.25) is 0 Å². The van der Waals surface area contributed by atoms with E-state index in [1.54, 1.807) is 6.42 Å². The molecule has 86 valence electrons. The summed E-state index contributed by atoms with van der Waals surface area (Å²) in [4.78, 5) is 0. The molecule has 5 atom stereocenters. The molecule has 15 heavy (non-hydrogen) atoms. The molecule has 0 aliphatic heterocycles. The van der Waals surface area contributed by atoms with E-state index in [9.17, 15) is 0 Å². The average Bonchev–Trinajstić information content (AvgIpc) is 2.55. The van der Waals surface area contributed by atoms with Gasteiger partial charge in [-0.05, 0) is 60.2 Å². The van der Waals surface area contributed by atoms with Gasteiger partial charge in [-0.3, -0.25) is 0 Å². The van der Waals surface area contributed by atoms with Gasteiger partial charge in [0.1, 0.15) is 0 Å². The Morgan fingerprint density at radius 1 is 1.00 bits per heavy atom. The number of fused-ring (bicyclic) bond motifs is 4. The molecule has 0 heteroatoms. The quantitative estimate of drug-likeness (QED) is 0.547. The fourth-order valence-electron chi connectivity index (χ4n) is 5.48. The Hall–Kier alpha value is 0. The first-order valence-electron chi connectivity index (χ1n) is 6.97. The first-order chi connectivity index (χ1) is 6.97. The fourth-order valence-corrected chi connectivity index (χ4v) is 5.48. The molecule has 5 unspecified atom stereocenters. The summed E-state index contributed by atoms with van der Waals surface area (Å²) < 4.78 is 0. The molecule has 0 aromatic rings. The minimum absolute atomic E-state index is 0.623. The summed E-state index contributed by atoms with van der Waals surface area (Å²) in [5.74, 6) is 4.19. The van der Waals surface area contributed by atoms with Crippen molar-refractivity contribution >= 4 is 0 Å². The van der Waals surface area contributed by atoms with Crippen molar-refractivity contribution in [2.75, 3.05) is 0 Å². The minimum atomic E-state index is 0.623. The van der Waals surface area contributed by atoms with Gasteiger partial charge in [-0.2, -0.15) is 0 Å².